The van der Waals surface area contributed by atoms with Crippen molar-refractivity contribution in [2.45, 2.75) is 30.9 Å². The van der Waals surface area contributed by atoms with Crippen molar-refractivity contribution in [2.75, 3.05) is 0 Å². The fraction of sp³-hybridized carbons (Fsp3) is 0.192. The van der Waals surface area contributed by atoms with Gasteiger partial charge < -0.3 is 4.84 Å². The van der Waals surface area contributed by atoms with Gasteiger partial charge in [0.2, 0.25) is 0 Å². The summed E-state index contributed by atoms with van der Waals surface area (Å²) in [6.07, 6.45) is -5.72. The second kappa shape index (κ2) is 11.0. The molecular formula is C26H17Cl2F4N3O3S. The summed E-state index contributed by atoms with van der Waals surface area (Å²) in [6, 6.07) is 14.2. The number of hydrogen-bond donors (Lipinski definition) is 1. The molecule has 39 heavy (non-hydrogen) atoms. The monoisotopic (exact) mass is 597 g/mol. The number of nitriles is 1. The number of nitrogens with one attached hydrogen (secondary N) is 1. The van der Waals surface area contributed by atoms with Crippen LogP contribution in [0.2, 0.25) is 10.0 Å². The molecule has 2 unspecified atom stereocenters. The summed E-state index contributed by atoms with van der Waals surface area (Å²) in [5.41, 5.74) is -1.63. The first-order valence-electron chi connectivity index (χ1n) is 11.1. The average molecular weight is 598 g/mol. The summed E-state index contributed by atoms with van der Waals surface area (Å²) in [4.78, 5) is 17.6. The van der Waals surface area contributed by atoms with E-state index in [9.17, 15) is 26.6 Å². The number of rotatable bonds is 6. The van der Waals surface area contributed by atoms with E-state index >= 15 is 0 Å². The molecule has 3 aromatic carbocycles. The van der Waals surface area contributed by atoms with Crippen molar-refractivity contribution in [1.82, 2.24) is 4.72 Å². The third-order valence-electron chi connectivity index (χ3n) is 6.03. The van der Waals surface area contributed by atoms with E-state index < -0.39 is 56.5 Å². The molecule has 0 aromatic heterocycles. The minimum atomic E-state index is -4.96. The van der Waals surface area contributed by atoms with Gasteiger partial charge in [-0.25, -0.2) is 8.60 Å². The fourth-order valence-corrected chi connectivity index (χ4v) is 5.34. The molecule has 0 saturated heterocycles. The maximum absolute atomic E-state index is 14.2. The van der Waals surface area contributed by atoms with E-state index in [1.54, 1.807) is 31.2 Å². The van der Waals surface area contributed by atoms with Crippen LogP contribution in [0.3, 0.4) is 0 Å². The molecule has 1 aliphatic heterocycles. The lowest BCUT2D eigenvalue weighted by Gasteiger charge is -2.29. The standard InChI is InChI=1S/C26H17Cl2F4N3O3S/c1-14-8-17(6-7-19(14)24(36)35-39(37)13-16-4-2-15(12-33)3-5-16)22-11-25(38-34-22,26(30,31)32)18-9-20(27)23(29)21(28)10-18/h2-10H,11,13H2,1H3,(H,35,36). The zero-order valence-electron chi connectivity index (χ0n) is 19.9. The number of carbonyl (C=O) groups is 1. The number of benzene rings is 3. The molecule has 1 heterocycles. The Morgan fingerprint density at radius 2 is 1.79 bits per heavy atom. The number of halogens is 6. The molecule has 0 spiro atoms. The van der Waals surface area contributed by atoms with Crippen molar-refractivity contribution in [1.29, 1.82) is 5.26 Å². The molecule has 0 bridgehead atoms. The highest BCUT2D eigenvalue weighted by molar-refractivity contribution is 7.82. The summed E-state index contributed by atoms with van der Waals surface area (Å²) in [5, 5.41) is 11.3. The number of oxime groups is 1. The Balaban J connectivity index is 1.51. The number of nitrogens with zero attached hydrogens (tertiary/aromatic N) is 2. The average Bonchev–Trinajstić information content (AvgIpc) is 3.34. The number of amides is 1. The number of carbonyl (C=O) groups excluding carboxylic acids is 1. The zero-order valence-corrected chi connectivity index (χ0v) is 22.2. The molecule has 1 N–H and O–H groups in total. The first kappa shape index (κ1) is 28.5. The molecule has 6 nitrogen and oxygen atoms in total. The Labute approximate surface area is 232 Å². The first-order valence-corrected chi connectivity index (χ1v) is 13.2. The van der Waals surface area contributed by atoms with E-state index in [-0.39, 0.29) is 22.6 Å². The summed E-state index contributed by atoms with van der Waals surface area (Å²) in [6.45, 7) is 1.56. The molecule has 13 heteroatoms. The van der Waals surface area contributed by atoms with E-state index in [0.717, 1.165) is 12.1 Å². The lowest BCUT2D eigenvalue weighted by molar-refractivity contribution is -0.275. The van der Waals surface area contributed by atoms with Crippen LogP contribution >= 0.6 is 23.2 Å². The van der Waals surface area contributed by atoms with Crippen LogP contribution in [0, 0.1) is 24.1 Å². The van der Waals surface area contributed by atoms with Gasteiger partial charge in [-0.3, -0.25) is 9.52 Å². The van der Waals surface area contributed by atoms with E-state index in [4.69, 9.17) is 33.3 Å². The second-order valence-corrected chi connectivity index (χ2v) is 10.6. The van der Waals surface area contributed by atoms with Crippen LogP contribution < -0.4 is 4.72 Å². The summed E-state index contributed by atoms with van der Waals surface area (Å²) < 4.78 is 71.4. The number of alkyl halides is 3. The van der Waals surface area contributed by atoms with Crippen LogP contribution in [0.1, 0.15) is 44.6 Å². The highest BCUT2D eigenvalue weighted by Gasteiger charge is 2.62. The molecule has 4 rings (SSSR count). The third-order valence-corrected chi connectivity index (χ3v) is 7.59. The van der Waals surface area contributed by atoms with Crippen molar-refractivity contribution in [2.24, 2.45) is 5.16 Å². The quantitative estimate of drug-likeness (QED) is 0.260. The Bertz CT molecular complexity index is 1530. The Morgan fingerprint density at radius 3 is 2.36 bits per heavy atom. The SMILES string of the molecule is Cc1cc(C2=NOC(c3cc(Cl)c(F)c(Cl)c3)(C(F)(F)F)C2)ccc1C(=O)NS(=O)Cc1ccc(C#N)cc1. The Morgan fingerprint density at radius 1 is 1.15 bits per heavy atom. The molecule has 0 fully saturated rings. The predicted octanol–water partition coefficient (Wildman–Crippen LogP) is 6.49. The van der Waals surface area contributed by atoms with E-state index in [1.165, 1.54) is 18.2 Å². The van der Waals surface area contributed by atoms with Crippen LogP contribution in [-0.4, -0.2) is 22.0 Å². The minimum Gasteiger partial charge on any atom is -0.374 e. The predicted molar refractivity (Wildman–Crippen MR) is 138 cm³/mol. The van der Waals surface area contributed by atoms with Crippen LogP contribution in [0.25, 0.3) is 0 Å². The largest absolute Gasteiger partial charge is 0.435 e. The summed E-state index contributed by atoms with van der Waals surface area (Å²) in [7, 11) is -1.77. The normalized spacial score (nSPS) is 17.6. The summed E-state index contributed by atoms with van der Waals surface area (Å²) >= 11 is 11.5. The van der Waals surface area contributed by atoms with Crippen LogP contribution in [-0.2, 0) is 27.2 Å². The van der Waals surface area contributed by atoms with Gasteiger partial charge in [0.15, 0.2) is 5.82 Å². The molecule has 2 atom stereocenters. The third kappa shape index (κ3) is 5.78. The van der Waals surface area contributed by atoms with Gasteiger partial charge in [0, 0.05) is 17.5 Å². The van der Waals surface area contributed by atoms with E-state index in [1.807, 2.05) is 6.07 Å². The summed E-state index contributed by atoms with van der Waals surface area (Å²) in [5.74, 6) is -1.68. The molecule has 3 aromatic rings. The van der Waals surface area contributed by atoms with Crippen LogP contribution in [0.15, 0.2) is 59.8 Å². The number of aryl methyl sites for hydroxylation is 1. The maximum atomic E-state index is 14.2. The lowest BCUT2D eigenvalue weighted by atomic mass is 9.86. The molecular weight excluding hydrogens is 581 g/mol. The van der Waals surface area contributed by atoms with Crippen molar-refractivity contribution < 1.29 is 31.4 Å². The number of hydrogen-bond acceptors (Lipinski definition) is 5. The van der Waals surface area contributed by atoms with Crippen molar-refractivity contribution in [3.63, 3.8) is 0 Å². The van der Waals surface area contributed by atoms with Gasteiger partial charge in [-0.05, 0) is 60.0 Å². The Hall–Kier alpha value is -3.46. The first-order chi connectivity index (χ1) is 18.3. The lowest BCUT2D eigenvalue weighted by Crippen LogP contribution is -2.42. The molecule has 202 valence electrons. The van der Waals surface area contributed by atoms with Crippen LogP contribution in [0.5, 0.6) is 0 Å². The second-order valence-electron chi connectivity index (χ2n) is 8.64. The van der Waals surface area contributed by atoms with Crippen molar-refractivity contribution >= 4 is 45.8 Å². The Kier molecular flexibility index (Phi) is 8.02. The smallest absolute Gasteiger partial charge is 0.374 e. The molecule has 0 saturated carbocycles. The molecule has 0 radical (unpaired) electrons. The van der Waals surface area contributed by atoms with Gasteiger partial charge in [-0.15, -0.1) is 0 Å². The van der Waals surface area contributed by atoms with Gasteiger partial charge in [0.25, 0.3) is 11.5 Å². The van der Waals surface area contributed by atoms with Crippen molar-refractivity contribution in [3.8, 4) is 6.07 Å². The molecule has 1 amide bonds. The zero-order chi connectivity index (χ0) is 28.5. The van der Waals surface area contributed by atoms with Crippen LogP contribution in [0.4, 0.5) is 17.6 Å². The maximum Gasteiger partial charge on any atom is 0.435 e. The fourth-order valence-electron chi connectivity index (χ4n) is 3.97. The van der Waals surface area contributed by atoms with Gasteiger partial charge in [-0.2, -0.15) is 18.4 Å². The highest BCUT2D eigenvalue weighted by Crippen LogP contribution is 2.50. The van der Waals surface area contributed by atoms with Gasteiger partial charge in [0.05, 0.1) is 33.1 Å². The van der Waals surface area contributed by atoms with Crippen molar-refractivity contribution in [3.05, 3.63) is 104 Å². The molecule has 1 aliphatic rings. The van der Waals surface area contributed by atoms with E-state index in [0.29, 0.717) is 16.7 Å². The highest BCUT2D eigenvalue weighted by atomic mass is 35.5. The molecule has 0 aliphatic carbocycles. The topological polar surface area (TPSA) is 91.5 Å². The van der Waals surface area contributed by atoms with Gasteiger partial charge in [0.1, 0.15) is 11.0 Å². The van der Waals surface area contributed by atoms with E-state index in [2.05, 4.69) is 9.88 Å². The van der Waals surface area contributed by atoms with Gasteiger partial charge in [-0.1, -0.05) is 46.6 Å². The minimum absolute atomic E-state index is 0.0136. The van der Waals surface area contributed by atoms with Gasteiger partial charge >= 0.3 is 6.18 Å².